The average Bonchev–Trinajstić information content (AvgIpc) is 2.57. The molecule has 0 heterocycles. The van der Waals surface area contributed by atoms with Crippen LogP contribution in [0.1, 0.15) is 36.1 Å². The van der Waals surface area contributed by atoms with Gasteiger partial charge >= 0.3 is 0 Å². The molecule has 0 amide bonds. The fourth-order valence-corrected chi connectivity index (χ4v) is 3.12. The van der Waals surface area contributed by atoms with E-state index >= 15 is 0 Å². The molecule has 1 aliphatic carbocycles. The van der Waals surface area contributed by atoms with Crippen molar-refractivity contribution in [3.8, 4) is 11.5 Å². The van der Waals surface area contributed by atoms with Crippen LogP contribution in [0.25, 0.3) is 11.1 Å². The fourth-order valence-electron chi connectivity index (χ4n) is 3.12. The van der Waals surface area contributed by atoms with Gasteiger partial charge in [-0.15, -0.1) is 0 Å². The molecule has 2 aromatic rings. The third-order valence-corrected chi connectivity index (χ3v) is 4.65. The maximum atomic E-state index is 5.52. The second kappa shape index (κ2) is 5.88. The summed E-state index contributed by atoms with van der Waals surface area (Å²) in [6, 6.07) is 13.0. The van der Waals surface area contributed by atoms with E-state index in [1.54, 1.807) is 14.2 Å². The first-order valence-electron chi connectivity index (χ1n) is 7.66. The molecule has 0 unspecified atom stereocenters. The zero-order valence-electron chi connectivity index (χ0n) is 13.7. The average molecular weight is 294 g/mol. The number of fused-ring (bicyclic) bond motifs is 4. The summed E-state index contributed by atoms with van der Waals surface area (Å²) < 4.78 is 11.0. The highest BCUT2D eigenvalue weighted by atomic mass is 16.5. The zero-order chi connectivity index (χ0) is 15.7. The van der Waals surface area contributed by atoms with E-state index in [1.807, 2.05) is 0 Å². The Balaban J connectivity index is 2.22. The van der Waals surface area contributed by atoms with Gasteiger partial charge in [0.2, 0.25) is 0 Å². The lowest BCUT2D eigenvalue weighted by atomic mass is 9.90. The third kappa shape index (κ3) is 2.50. The monoisotopic (exact) mass is 294 g/mol. The van der Waals surface area contributed by atoms with Gasteiger partial charge in [-0.3, -0.25) is 0 Å². The Bertz CT molecular complexity index is 678. The Kier molecular flexibility index (Phi) is 3.93. The maximum Gasteiger partial charge on any atom is 0.122 e. The molecule has 0 spiro atoms. The van der Waals surface area contributed by atoms with Gasteiger partial charge in [-0.25, -0.2) is 0 Å². The number of allylic oxidation sites excluding steroid dienone is 2. The van der Waals surface area contributed by atoms with Crippen molar-refractivity contribution < 1.29 is 9.47 Å². The summed E-state index contributed by atoms with van der Waals surface area (Å²) in [6.45, 7) is 4.37. The van der Waals surface area contributed by atoms with Crippen molar-refractivity contribution in [3.63, 3.8) is 0 Å². The Morgan fingerprint density at radius 3 is 1.45 bits per heavy atom. The van der Waals surface area contributed by atoms with E-state index in [0.29, 0.717) is 0 Å². The van der Waals surface area contributed by atoms with Gasteiger partial charge in [-0.2, -0.15) is 0 Å². The molecule has 114 valence electrons. The second-order valence-electron chi connectivity index (χ2n) is 5.80. The van der Waals surface area contributed by atoms with Gasteiger partial charge in [-0.1, -0.05) is 12.1 Å². The summed E-state index contributed by atoms with van der Waals surface area (Å²) in [5.41, 5.74) is 7.66. The zero-order valence-corrected chi connectivity index (χ0v) is 13.7. The first-order chi connectivity index (χ1) is 10.6. The lowest BCUT2D eigenvalue weighted by Gasteiger charge is -2.18. The van der Waals surface area contributed by atoms with E-state index in [1.165, 1.54) is 33.4 Å². The quantitative estimate of drug-likeness (QED) is 0.795. The van der Waals surface area contributed by atoms with E-state index in [2.05, 4.69) is 50.2 Å². The normalized spacial score (nSPS) is 17.1. The minimum Gasteiger partial charge on any atom is -0.496 e. The van der Waals surface area contributed by atoms with Crippen LogP contribution in [0, 0.1) is 0 Å². The lowest BCUT2D eigenvalue weighted by molar-refractivity contribution is 0.405. The van der Waals surface area contributed by atoms with Gasteiger partial charge in [0.15, 0.2) is 0 Å². The summed E-state index contributed by atoms with van der Waals surface area (Å²) in [5, 5.41) is 0. The van der Waals surface area contributed by atoms with Crippen LogP contribution in [0.15, 0.2) is 36.4 Å². The molecule has 2 aromatic carbocycles. The molecule has 0 N–H and O–H groups in total. The molecule has 0 radical (unpaired) electrons. The molecule has 0 saturated heterocycles. The molecule has 3 rings (SSSR count). The van der Waals surface area contributed by atoms with Gasteiger partial charge in [-0.05, 0) is 84.4 Å². The van der Waals surface area contributed by atoms with E-state index in [-0.39, 0.29) is 0 Å². The van der Waals surface area contributed by atoms with E-state index in [9.17, 15) is 0 Å². The first kappa shape index (κ1) is 14.7. The van der Waals surface area contributed by atoms with Crippen molar-refractivity contribution in [3.05, 3.63) is 58.7 Å². The van der Waals surface area contributed by atoms with Gasteiger partial charge in [0.25, 0.3) is 0 Å². The number of aryl methyl sites for hydroxylation is 2. The Labute approximate surface area is 132 Å². The summed E-state index contributed by atoms with van der Waals surface area (Å²) in [7, 11) is 3.47. The number of rotatable bonds is 2. The van der Waals surface area contributed by atoms with Crippen LogP contribution in [0.3, 0.4) is 0 Å². The minimum absolute atomic E-state index is 0.948. The van der Waals surface area contributed by atoms with Crippen molar-refractivity contribution in [1.29, 1.82) is 0 Å². The molecule has 2 nitrogen and oxygen atoms in total. The molecule has 4 bridgehead atoms. The van der Waals surface area contributed by atoms with Crippen LogP contribution in [0.5, 0.6) is 11.5 Å². The highest BCUT2D eigenvalue weighted by Crippen LogP contribution is 2.34. The number of ether oxygens (including phenoxy) is 2. The van der Waals surface area contributed by atoms with Crippen LogP contribution in [-0.2, 0) is 12.8 Å². The van der Waals surface area contributed by atoms with Crippen LogP contribution >= 0.6 is 0 Å². The second-order valence-corrected chi connectivity index (χ2v) is 5.80. The van der Waals surface area contributed by atoms with E-state index in [0.717, 1.165) is 24.3 Å². The van der Waals surface area contributed by atoms with Gasteiger partial charge in [0, 0.05) is 0 Å². The summed E-state index contributed by atoms with van der Waals surface area (Å²) in [6.07, 6.45) is 1.90. The topological polar surface area (TPSA) is 18.5 Å². The molecule has 0 aromatic heterocycles. The van der Waals surface area contributed by atoms with Crippen molar-refractivity contribution in [1.82, 2.24) is 0 Å². The van der Waals surface area contributed by atoms with Crippen LogP contribution in [-0.4, -0.2) is 14.2 Å². The molecular weight excluding hydrogens is 272 g/mol. The highest BCUT2D eigenvalue weighted by molar-refractivity contribution is 5.89. The van der Waals surface area contributed by atoms with Crippen molar-refractivity contribution in [2.24, 2.45) is 0 Å². The molecule has 0 aliphatic heterocycles. The molecule has 22 heavy (non-hydrogen) atoms. The molecule has 0 atom stereocenters. The highest BCUT2D eigenvalue weighted by Gasteiger charge is 2.13. The summed E-state index contributed by atoms with van der Waals surface area (Å²) >= 11 is 0. The van der Waals surface area contributed by atoms with Crippen molar-refractivity contribution in [2.45, 2.75) is 26.7 Å². The maximum absolute atomic E-state index is 5.52. The Morgan fingerprint density at radius 2 is 1.09 bits per heavy atom. The number of hydrogen-bond donors (Lipinski definition) is 0. The predicted octanol–water partition coefficient (Wildman–Crippen LogP) is 4.75. The van der Waals surface area contributed by atoms with Gasteiger partial charge < -0.3 is 9.47 Å². The van der Waals surface area contributed by atoms with Gasteiger partial charge in [0.1, 0.15) is 11.5 Å². The molecule has 1 aliphatic rings. The smallest absolute Gasteiger partial charge is 0.122 e. The number of hydrogen-bond acceptors (Lipinski definition) is 2. The first-order valence-corrected chi connectivity index (χ1v) is 7.66. The van der Waals surface area contributed by atoms with E-state index in [4.69, 9.17) is 9.47 Å². The fraction of sp³-hybridized carbons (Fsp3) is 0.300. The summed E-state index contributed by atoms with van der Waals surface area (Å²) in [4.78, 5) is 0. The standard InChI is InChI=1S/C20H22O2/c1-13-14(2)16-8-10-20(22-4)18(12-16)6-5-17-11-15(13)7-9-19(17)21-3/h7-12H,5-6H2,1-4H3/b14-13-. The van der Waals surface area contributed by atoms with Crippen molar-refractivity contribution in [2.75, 3.05) is 14.2 Å². The molecule has 0 fully saturated rings. The minimum atomic E-state index is 0.948. The predicted molar refractivity (Wildman–Crippen MR) is 91.6 cm³/mol. The van der Waals surface area contributed by atoms with Crippen LogP contribution < -0.4 is 9.47 Å². The molecule has 2 heteroatoms. The van der Waals surface area contributed by atoms with Crippen LogP contribution in [0.2, 0.25) is 0 Å². The Hall–Kier alpha value is -2.22. The summed E-state index contributed by atoms with van der Waals surface area (Å²) in [5.74, 6) is 1.93. The number of methoxy groups -OCH3 is 2. The van der Waals surface area contributed by atoms with Crippen molar-refractivity contribution >= 4 is 11.1 Å². The molecule has 0 saturated carbocycles. The lowest BCUT2D eigenvalue weighted by Crippen LogP contribution is -2.01. The van der Waals surface area contributed by atoms with Crippen LogP contribution in [0.4, 0.5) is 0 Å². The third-order valence-electron chi connectivity index (χ3n) is 4.65. The SMILES string of the molecule is COc1ccc2cc1CCc1cc(ccc1OC)/C(C)=C\2C. The van der Waals surface area contributed by atoms with Gasteiger partial charge in [0.05, 0.1) is 14.2 Å². The largest absolute Gasteiger partial charge is 0.496 e. The number of benzene rings is 2. The van der Waals surface area contributed by atoms with E-state index < -0.39 is 0 Å². The Morgan fingerprint density at radius 1 is 0.682 bits per heavy atom. The molecular formula is C20H22O2.